The molecule has 1 aliphatic heterocycles. The van der Waals surface area contributed by atoms with Gasteiger partial charge in [-0.05, 0) is 43.9 Å². The van der Waals surface area contributed by atoms with Crippen molar-refractivity contribution in [2.75, 3.05) is 26.2 Å². The second-order valence-corrected chi connectivity index (χ2v) is 7.58. The van der Waals surface area contributed by atoms with Crippen LogP contribution in [0, 0.1) is 0 Å². The van der Waals surface area contributed by atoms with Gasteiger partial charge < -0.3 is 19.3 Å². The van der Waals surface area contributed by atoms with Crippen LogP contribution in [-0.2, 0) is 4.79 Å². The van der Waals surface area contributed by atoms with Crippen LogP contribution in [0.15, 0.2) is 70.5 Å². The number of aromatic nitrogens is 1. The molecule has 31 heavy (non-hydrogen) atoms. The fourth-order valence-corrected chi connectivity index (χ4v) is 4.05. The molecule has 0 saturated carbocycles. The summed E-state index contributed by atoms with van der Waals surface area (Å²) in [4.78, 5) is 33.5. The number of carbonyl (C=O) groups excluding carboxylic acids is 2. The highest BCUT2D eigenvalue weighted by atomic mass is 16.3. The van der Waals surface area contributed by atoms with Crippen LogP contribution in [-0.4, -0.2) is 47.8 Å². The number of para-hydroxylation sites is 1. The number of nitrogens with zero attached hydrogens (tertiary/aromatic N) is 2. The average molecular weight is 419 g/mol. The molecule has 0 saturated heterocycles. The van der Waals surface area contributed by atoms with E-state index < -0.39 is 23.5 Å². The van der Waals surface area contributed by atoms with Crippen molar-refractivity contribution in [3.05, 3.63) is 77.5 Å². The number of rotatable bonds is 8. The Morgan fingerprint density at radius 2 is 1.90 bits per heavy atom. The molecule has 160 valence electrons. The smallest absolute Gasteiger partial charge is 0.240 e. The van der Waals surface area contributed by atoms with E-state index in [0.717, 1.165) is 18.5 Å². The van der Waals surface area contributed by atoms with Crippen LogP contribution >= 0.6 is 0 Å². The molecule has 3 heterocycles. The normalized spacial score (nSPS) is 16.7. The van der Waals surface area contributed by atoms with Crippen molar-refractivity contribution in [3.8, 4) is 0 Å². The molecule has 0 spiro atoms. The number of pyridine rings is 1. The molecule has 4 rings (SSSR count). The minimum absolute atomic E-state index is 0.0505. The second-order valence-electron chi connectivity index (χ2n) is 7.58. The first-order valence-electron chi connectivity index (χ1n) is 10.5. The van der Waals surface area contributed by atoms with Crippen LogP contribution in [0.25, 0.3) is 11.0 Å². The van der Waals surface area contributed by atoms with E-state index in [1.54, 1.807) is 36.5 Å². The SMILES string of the molecule is CC[NH+](CC)CCN1C(=O)C([O-])=C(C(=O)c2cc3ccccc3o2)C1c1ccccn1. The summed E-state index contributed by atoms with van der Waals surface area (Å²) >= 11 is 0. The number of hydrogen-bond acceptors (Lipinski definition) is 5. The van der Waals surface area contributed by atoms with E-state index in [-0.39, 0.29) is 11.3 Å². The first-order chi connectivity index (χ1) is 15.0. The first kappa shape index (κ1) is 20.8. The number of hydrogen-bond donors (Lipinski definition) is 1. The molecule has 1 aromatic carbocycles. The highest BCUT2D eigenvalue weighted by Crippen LogP contribution is 2.37. The fraction of sp³-hybridized carbons (Fsp3) is 0.292. The highest BCUT2D eigenvalue weighted by molar-refractivity contribution is 6.15. The zero-order valence-electron chi connectivity index (χ0n) is 17.6. The second kappa shape index (κ2) is 8.73. The number of carbonyl (C=O) groups is 2. The Morgan fingerprint density at radius 3 is 2.58 bits per heavy atom. The van der Waals surface area contributed by atoms with E-state index in [2.05, 4.69) is 18.8 Å². The molecule has 0 bridgehead atoms. The topological polar surface area (TPSA) is 90.9 Å². The van der Waals surface area contributed by atoms with Gasteiger partial charge in [-0.25, -0.2) is 0 Å². The van der Waals surface area contributed by atoms with E-state index in [1.807, 2.05) is 18.2 Å². The van der Waals surface area contributed by atoms with Crippen molar-refractivity contribution in [1.29, 1.82) is 0 Å². The van der Waals surface area contributed by atoms with Crippen molar-refractivity contribution in [2.45, 2.75) is 19.9 Å². The molecule has 2 aromatic heterocycles. The van der Waals surface area contributed by atoms with Crippen molar-refractivity contribution in [3.63, 3.8) is 0 Å². The summed E-state index contributed by atoms with van der Waals surface area (Å²) in [6, 6.07) is 13.3. The van der Waals surface area contributed by atoms with Gasteiger partial charge >= 0.3 is 0 Å². The molecule has 7 nitrogen and oxygen atoms in total. The Bertz CT molecular complexity index is 1100. The maximum Gasteiger partial charge on any atom is 0.240 e. The van der Waals surface area contributed by atoms with Gasteiger partial charge in [-0.15, -0.1) is 0 Å². The molecule has 1 atom stereocenters. The number of Topliss-reactive ketones (excluding diaryl/α,β-unsaturated/α-hetero) is 1. The predicted molar refractivity (Wildman–Crippen MR) is 113 cm³/mol. The lowest BCUT2D eigenvalue weighted by Gasteiger charge is -2.28. The third-order valence-electron chi connectivity index (χ3n) is 5.85. The minimum Gasteiger partial charge on any atom is -0.868 e. The summed E-state index contributed by atoms with van der Waals surface area (Å²) in [6.45, 7) is 7.02. The summed E-state index contributed by atoms with van der Waals surface area (Å²) in [5, 5.41) is 13.8. The molecular weight excluding hydrogens is 394 g/mol. The van der Waals surface area contributed by atoms with Crippen molar-refractivity contribution < 1.29 is 24.0 Å². The number of likely N-dealkylation sites (N-methyl/N-ethyl adjacent to an activating group) is 1. The number of quaternary nitrogens is 1. The number of fused-ring (bicyclic) bond motifs is 1. The van der Waals surface area contributed by atoms with E-state index in [1.165, 1.54) is 9.80 Å². The van der Waals surface area contributed by atoms with Crippen LogP contribution in [0.5, 0.6) is 0 Å². The third-order valence-corrected chi connectivity index (χ3v) is 5.85. The Balaban J connectivity index is 1.73. The van der Waals surface area contributed by atoms with Crippen molar-refractivity contribution in [1.82, 2.24) is 9.88 Å². The standard InChI is InChI=1S/C24H25N3O4/c1-3-26(4-2)13-14-27-21(17-10-7-8-12-25-17)20(23(29)24(27)30)22(28)19-15-16-9-5-6-11-18(16)31-19/h5-12,15,21,29H,3-4,13-14H2,1-2H3. The van der Waals surface area contributed by atoms with Crippen molar-refractivity contribution in [2.24, 2.45) is 0 Å². The van der Waals surface area contributed by atoms with Gasteiger partial charge in [0.2, 0.25) is 11.7 Å². The Morgan fingerprint density at radius 1 is 1.16 bits per heavy atom. The van der Waals surface area contributed by atoms with Crippen molar-refractivity contribution >= 4 is 22.7 Å². The van der Waals surface area contributed by atoms with Gasteiger partial charge in [-0.3, -0.25) is 14.6 Å². The van der Waals surface area contributed by atoms with Gasteiger partial charge in [0.05, 0.1) is 31.9 Å². The molecule has 1 amide bonds. The lowest BCUT2D eigenvalue weighted by atomic mass is 9.98. The van der Waals surface area contributed by atoms with E-state index in [0.29, 0.717) is 24.4 Å². The molecule has 0 radical (unpaired) electrons. The summed E-state index contributed by atoms with van der Waals surface area (Å²) in [7, 11) is 0. The lowest BCUT2D eigenvalue weighted by Crippen LogP contribution is -3.12. The Labute approximate surface area is 180 Å². The lowest BCUT2D eigenvalue weighted by molar-refractivity contribution is -0.895. The van der Waals surface area contributed by atoms with Gasteiger partial charge in [-0.1, -0.05) is 24.3 Å². The number of amides is 1. The van der Waals surface area contributed by atoms with E-state index in [4.69, 9.17) is 4.42 Å². The van der Waals surface area contributed by atoms with Crippen LogP contribution < -0.4 is 10.0 Å². The highest BCUT2D eigenvalue weighted by Gasteiger charge is 2.41. The monoisotopic (exact) mass is 419 g/mol. The van der Waals surface area contributed by atoms with Gasteiger partial charge in [-0.2, -0.15) is 0 Å². The maximum absolute atomic E-state index is 13.4. The quantitative estimate of drug-likeness (QED) is 0.553. The molecule has 7 heteroatoms. The summed E-state index contributed by atoms with van der Waals surface area (Å²) in [5.74, 6) is -1.96. The van der Waals surface area contributed by atoms with Crippen LogP contribution in [0.3, 0.4) is 0 Å². The Kier molecular flexibility index (Phi) is 5.86. The zero-order chi connectivity index (χ0) is 22.0. The van der Waals surface area contributed by atoms with Gasteiger partial charge in [0.1, 0.15) is 11.6 Å². The summed E-state index contributed by atoms with van der Waals surface area (Å²) in [6.07, 6.45) is 1.60. The van der Waals surface area contributed by atoms with E-state index >= 15 is 0 Å². The number of nitrogens with one attached hydrogen (secondary N) is 1. The molecule has 1 N–H and O–H groups in total. The van der Waals surface area contributed by atoms with Gasteiger partial charge in [0, 0.05) is 17.2 Å². The molecule has 1 unspecified atom stereocenters. The summed E-state index contributed by atoms with van der Waals surface area (Å²) < 4.78 is 5.70. The Hall–Kier alpha value is -3.45. The molecule has 1 aliphatic rings. The fourth-order valence-electron chi connectivity index (χ4n) is 4.05. The van der Waals surface area contributed by atoms with Crippen LogP contribution in [0.1, 0.15) is 36.1 Å². The first-order valence-corrected chi connectivity index (χ1v) is 10.5. The third kappa shape index (κ3) is 3.84. The zero-order valence-corrected chi connectivity index (χ0v) is 17.6. The molecule has 3 aromatic rings. The average Bonchev–Trinajstić information content (AvgIpc) is 3.34. The number of furan rings is 1. The minimum atomic E-state index is -0.822. The van der Waals surface area contributed by atoms with Gasteiger partial charge in [0.15, 0.2) is 5.76 Å². The predicted octanol–water partition coefficient (Wildman–Crippen LogP) is 1.13. The largest absolute Gasteiger partial charge is 0.868 e. The molecule has 0 aliphatic carbocycles. The maximum atomic E-state index is 13.4. The molecular formula is C24H25N3O4. The van der Waals surface area contributed by atoms with E-state index in [9.17, 15) is 14.7 Å². The van der Waals surface area contributed by atoms with Crippen LogP contribution in [0.4, 0.5) is 0 Å². The summed E-state index contributed by atoms with van der Waals surface area (Å²) in [5.41, 5.74) is 0.951. The van der Waals surface area contributed by atoms with Crippen LogP contribution in [0.2, 0.25) is 0 Å². The number of ketones is 1. The molecule has 0 fully saturated rings. The number of benzene rings is 1. The van der Waals surface area contributed by atoms with Gasteiger partial charge in [0.25, 0.3) is 0 Å².